The minimum Gasteiger partial charge on any atom is -0.353 e. The first-order valence-electron chi connectivity index (χ1n) is 8.01. The van der Waals surface area contributed by atoms with Crippen LogP contribution in [0, 0.1) is 5.92 Å². The second-order valence-corrected chi connectivity index (χ2v) is 6.14. The fourth-order valence-electron chi connectivity index (χ4n) is 2.83. The van der Waals surface area contributed by atoms with Gasteiger partial charge in [-0.2, -0.15) is 4.52 Å². The maximum absolute atomic E-state index is 13.0. The summed E-state index contributed by atoms with van der Waals surface area (Å²) in [4.78, 5) is 16.0. The standard InChI is InChI=1S/C15H20F2N6O/c1-10(2)15(24)22-7-3-6-21(8-9-22)12-5-4-11-18-19-14(13(16)17)23(11)20-12/h4-5,10,13H,3,6-9H2,1-2H3. The molecule has 1 saturated heterocycles. The van der Waals surface area contributed by atoms with E-state index >= 15 is 0 Å². The number of carbonyl (C=O) groups excluding carboxylic acids is 1. The molecule has 1 amide bonds. The van der Waals surface area contributed by atoms with Gasteiger partial charge in [-0.15, -0.1) is 15.3 Å². The lowest BCUT2D eigenvalue weighted by molar-refractivity contribution is -0.134. The molecule has 3 rings (SSSR count). The molecule has 0 radical (unpaired) electrons. The van der Waals surface area contributed by atoms with Gasteiger partial charge in [0.25, 0.3) is 6.43 Å². The highest BCUT2D eigenvalue weighted by Crippen LogP contribution is 2.20. The third-order valence-corrected chi connectivity index (χ3v) is 4.09. The molecule has 0 unspecified atom stereocenters. The van der Waals surface area contributed by atoms with Gasteiger partial charge in [0.1, 0.15) is 5.82 Å². The Hall–Kier alpha value is -2.32. The van der Waals surface area contributed by atoms with Crippen LogP contribution in [0.3, 0.4) is 0 Å². The van der Waals surface area contributed by atoms with Gasteiger partial charge in [-0.05, 0) is 18.6 Å². The van der Waals surface area contributed by atoms with Crippen LogP contribution in [0.1, 0.15) is 32.5 Å². The third-order valence-electron chi connectivity index (χ3n) is 4.09. The van der Waals surface area contributed by atoms with Gasteiger partial charge in [-0.1, -0.05) is 13.8 Å². The van der Waals surface area contributed by atoms with Gasteiger partial charge in [-0.3, -0.25) is 4.79 Å². The van der Waals surface area contributed by atoms with Gasteiger partial charge in [0.15, 0.2) is 5.65 Å². The Bertz CT molecular complexity index is 732. The Labute approximate surface area is 138 Å². The zero-order valence-corrected chi connectivity index (χ0v) is 13.7. The largest absolute Gasteiger partial charge is 0.353 e. The first-order valence-corrected chi connectivity index (χ1v) is 8.01. The molecule has 1 aliphatic heterocycles. The number of amides is 1. The van der Waals surface area contributed by atoms with Crippen LogP contribution in [-0.4, -0.2) is 56.8 Å². The first kappa shape index (κ1) is 16.5. The van der Waals surface area contributed by atoms with Gasteiger partial charge >= 0.3 is 0 Å². The molecule has 2 aromatic heterocycles. The number of hydrogen-bond acceptors (Lipinski definition) is 5. The summed E-state index contributed by atoms with van der Waals surface area (Å²) in [7, 11) is 0. The van der Waals surface area contributed by atoms with Crippen LogP contribution >= 0.6 is 0 Å². The van der Waals surface area contributed by atoms with Crippen molar-refractivity contribution in [1.29, 1.82) is 0 Å². The van der Waals surface area contributed by atoms with Crippen molar-refractivity contribution >= 4 is 17.4 Å². The van der Waals surface area contributed by atoms with E-state index in [9.17, 15) is 13.6 Å². The molecule has 0 aliphatic carbocycles. The molecular weight excluding hydrogens is 318 g/mol. The Morgan fingerprint density at radius 1 is 1.12 bits per heavy atom. The summed E-state index contributed by atoms with van der Waals surface area (Å²) in [5.74, 6) is 0.233. The minimum absolute atomic E-state index is 0.0309. The SMILES string of the molecule is CC(C)C(=O)N1CCCN(c2ccc3nnc(C(F)F)n3n2)CC1. The minimum atomic E-state index is -2.73. The average molecular weight is 338 g/mol. The number of fused-ring (bicyclic) bond motifs is 1. The number of anilines is 1. The van der Waals surface area contributed by atoms with Crippen molar-refractivity contribution in [2.24, 2.45) is 5.92 Å². The van der Waals surface area contributed by atoms with Gasteiger partial charge < -0.3 is 9.80 Å². The molecule has 0 bridgehead atoms. The first-order chi connectivity index (χ1) is 11.5. The fraction of sp³-hybridized carbons (Fsp3) is 0.600. The van der Waals surface area contributed by atoms with E-state index in [1.54, 1.807) is 12.1 Å². The van der Waals surface area contributed by atoms with E-state index in [1.807, 2.05) is 23.6 Å². The van der Waals surface area contributed by atoms with Crippen molar-refractivity contribution in [2.45, 2.75) is 26.7 Å². The number of alkyl halides is 2. The van der Waals surface area contributed by atoms with E-state index in [0.29, 0.717) is 37.6 Å². The van der Waals surface area contributed by atoms with Crippen molar-refractivity contribution in [3.63, 3.8) is 0 Å². The second-order valence-electron chi connectivity index (χ2n) is 6.14. The molecule has 0 aromatic carbocycles. The van der Waals surface area contributed by atoms with Crippen LogP contribution < -0.4 is 4.90 Å². The Balaban J connectivity index is 1.80. The normalized spacial score (nSPS) is 16.2. The van der Waals surface area contributed by atoms with E-state index in [0.717, 1.165) is 10.9 Å². The van der Waals surface area contributed by atoms with Crippen molar-refractivity contribution in [3.05, 3.63) is 18.0 Å². The number of aromatic nitrogens is 4. The van der Waals surface area contributed by atoms with Crippen LogP contribution in [0.15, 0.2) is 12.1 Å². The Morgan fingerprint density at radius 2 is 1.92 bits per heavy atom. The average Bonchev–Trinajstić information content (AvgIpc) is 2.82. The predicted molar refractivity (Wildman–Crippen MR) is 84.0 cm³/mol. The van der Waals surface area contributed by atoms with Crippen LogP contribution in [0.2, 0.25) is 0 Å². The second kappa shape index (κ2) is 6.66. The highest BCUT2D eigenvalue weighted by atomic mass is 19.3. The van der Waals surface area contributed by atoms with E-state index in [-0.39, 0.29) is 11.8 Å². The highest BCUT2D eigenvalue weighted by Gasteiger charge is 2.23. The van der Waals surface area contributed by atoms with E-state index < -0.39 is 12.2 Å². The summed E-state index contributed by atoms with van der Waals surface area (Å²) in [6, 6.07) is 3.38. The number of nitrogens with zero attached hydrogens (tertiary/aromatic N) is 6. The molecule has 3 heterocycles. The summed E-state index contributed by atoms with van der Waals surface area (Å²) >= 11 is 0. The lowest BCUT2D eigenvalue weighted by Crippen LogP contribution is -2.37. The topological polar surface area (TPSA) is 66.6 Å². The monoisotopic (exact) mass is 338 g/mol. The number of carbonyl (C=O) groups is 1. The summed E-state index contributed by atoms with van der Waals surface area (Å²) < 4.78 is 27.0. The molecule has 0 N–H and O–H groups in total. The molecule has 0 atom stereocenters. The quantitative estimate of drug-likeness (QED) is 0.853. The molecule has 24 heavy (non-hydrogen) atoms. The molecule has 130 valence electrons. The highest BCUT2D eigenvalue weighted by molar-refractivity contribution is 5.78. The van der Waals surface area contributed by atoms with Crippen molar-refractivity contribution in [2.75, 3.05) is 31.1 Å². The molecular formula is C15H20F2N6O. The maximum atomic E-state index is 13.0. The van der Waals surface area contributed by atoms with Crippen LogP contribution in [0.25, 0.3) is 5.65 Å². The molecule has 0 spiro atoms. The van der Waals surface area contributed by atoms with Crippen molar-refractivity contribution in [3.8, 4) is 0 Å². The van der Waals surface area contributed by atoms with Crippen LogP contribution in [-0.2, 0) is 4.79 Å². The van der Waals surface area contributed by atoms with E-state index in [2.05, 4.69) is 15.3 Å². The third kappa shape index (κ3) is 3.15. The van der Waals surface area contributed by atoms with Gasteiger partial charge in [-0.25, -0.2) is 8.78 Å². The molecule has 7 nitrogen and oxygen atoms in total. The zero-order chi connectivity index (χ0) is 17.3. The molecule has 0 saturated carbocycles. The Morgan fingerprint density at radius 3 is 2.62 bits per heavy atom. The summed E-state index contributed by atoms with van der Waals surface area (Å²) in [5.41, 5.74) is 0.292. The number of halogens is 2. The summed E-state index contributed by atoms with van der Waals surface area (Å²) in [5, 5.41) is 11.4. The molecule has 1 fully saturated rings. The van der Waals surface area contributed by atoms with Crippen molar-refractivity contribution in [1.82, 2.24) is 24.7 Å². The number of hydrogen-bond donors (Lipinski definition) is 0. The van der Waals surface area contributed by atoms with Gasteiger partial charge in [0.05, 0.1) is 0 Å². The fourth-order valence-corrected chi connectivity index (χ4v) is 2.83. The van der Waals surface area contributed by atoms with Crippen LogP contribution in [0.5, 0.6) is 0 Å². The van der Waals surface area contributed by atoms with Gasteiger partial charge in [0, 0.05) is 32.1 Å². The molecule has 9 heteroatoms. The number of rotatable bonds is 3. The van der Waals surface area contributed by atoms with E-state index in [4.69, 9.17) is 0 Å². The smallest absolute Gasteiger partial charge is 0.299 e. The van der Waals surface area contributed by atoms with Crippen LogP contribution in [0.4, 0.5) is 14.6 Å². The summed E-state index contributed by atoms with van der Waals surface area (Å²) in [6.07, 6.45) is -1.92. The Kier molecular flexibility index (Phi) is 4.59. The summed E-state index contributed by atoms with van der Waals surface area (Å²) in [6.45, 7) is 6.40. The lowest BCUT2D eigenvalue weighted by atomic mass is 10.2. The van der Waals surface area contributed by atoms with E-state index in [1.165, 1.54) is 0 Å². The maximum Gasteiger partial charge on any atom is 0.299 e. The molecule has 2 aromatic rings. The van der Waals surface area contributed by atoms with Gasteiger partial charge in [0.2, 0.25) is 11.7 Å². The molecule has 1 aliphatic rings. The van der Waals surface area contributed by atoms with Crippen molar-refractivity contribution < 1.29 is 13.6 Å². The zero-order valence-electron chi connectivity index (χ0n) is 13.7. The lowest BCUT2D eigenvalue weighted by Gasteiger charge is -2.24. The predicted octanol–water partition coefficient (Wildman–Crippen LogP) is 1.76.